The van der Waals surface area contributed by atoms with Crippen molar-refractivity contribution in [2.75, 3.05) is 5.32 Å². The number of carbonyl (C=O) groups is 3. The van der Waals surface area contributed by atoms with Gasteiger partial charge in [-0.1, -0.05) is 12.1 Å². The SMILES string of the molecule is Cc1cccc(O[C@H](C)C(=O)NNC(=O)c2ccc(NC(=O)OC(C)(C)C)cc2)c1C. The highest BCUT2D eigenvalue weighted by molar-refractivity contribution is 5.96. The molecule has 0 heterocycles. The van der Waals surface area contributed by atoms with Crippen molar-refractivity contribution in [1.29, 1.82) is 0 Å². The van der Waals surface area contributed by atoms with Gasteiger partial charge in [-0.15, -0.1) is 0 Å². The highest BCUT2D eigenvalue weighted by Gasteiger charge is 2.18. The molecule has 3 N–H and O–H groups in total. The number of hydrogen-bond acceptors (Lipinski definition) is 5. The van der Waals surface area contributed by atoms with Gasteiger partial charge in [-0.3, -0.25) is 25.8 Å². The molecular weight excluding hydrogens is 398 g/mol. The van der Waals surface area contributed by atoms with E-state index >= 15 is 0 Å². The molecule has 3 amide bonds. The molecule has 0 saturated carbocycles. The van der Waals surface area contributed by atoms with Gasteiger partial charge in [-0.2, -0.15) is 0 Å². The smallest absolute Gasteiger partial charge is 0.412 e. The number of aryl methyl sites for hydroxylation is 1. The molecule has 166 valence electrons. The molecular formula is C23H29N3O5. The van der Waals surface area contributed by atoms with Crippen LogP contribution in [0, 0.1) is 13.8 Å². The fraction of sp³-hybridized carbons (Fsp3) is 0.348. The molecule has 0 spiro atoms. The summed E-state index contributed by atoms with van der Waals surface area (Å²) in [6, 6.07) is 11.8. The van der Waals surface area contributed by atoms with Crippen molar-refractivity contribution in [2.45, 2.75) is 53.2 Å². The Bertz CT molecular complexity index is 949. The minimum Gasteiger partial charge on any atom is -0.481 e. The molecule has 0 bridgehead atoms. The molecule has 8 heteroatoms. The van der Waals surface area contributed by atoms with E-state index < -0.39 is 29.6 Å². The van der Waals surface area contributed by atoms with Crippen LogP contribution < -0.4 is 20.9 Å². The number of benzene rings is 2. The second-order valence-electron chi connectivity index (χ2n) is 8.11. The Kier molecular flexibility index (Phi) is 7.63. The Morgan fingerprint density at radius 1 is 0.935 bits per heavy atom. The van der Waals surface area contributed by atoms with Crippen molar-refractivity contribution in [1.82, 2.24) is 10.9 Å². The second-order valence-corrected chi connectivity index (χ2v) is 8.11. The average molecular weight is 428 g/mol. The number of hydrogen-bond donors (Lipinski definition) is 3. The molecule has 0 aromatic heterocycles. The van der Waals surface area contributed by atoms with E-state index in [9.17, 15) is 14.4 Å². The topological polar surface area (TPSA) is 106 Å². The first kappa shape index (κ1) is 23.7. The maximum Gasteiger partial charge on any atom is 0.412 e. The Hall–Kier alpha value is -3.55. The lowest BCUT2D eigenvalue weighted by atomic mass is 10.1. The van der Waals surface area contributed by atoms with Crippen molar-refractivity contribution < 1.29 is 23.9 Å². The first-order chi connectivity index (χ1) is 14.5. The van der Waals surface area contributed by atoms with Crippen LogP contribution in [0.2, 0.25) is 0 Å². The third-order valence-electron chi connectivity index (χ3n) is 4.32. The number of nitrogens with one attached hydrogen (secondary N) is 3. The molecule has 31 heavy (non-hydrogen) atoms. The first-order valence-electron chi connectivity index (χ1n) is 9.89. The zero-order chi connectivity index (χ0) is 23.2. The van der Waals surface area contributed by atoms with Crippen LogP contribution in [-0.2, 0) is 9.53 Å². The van der Waals surface area contributed by atoms with E-state index in [-0.39, 0.29) is 0 Å². The lowest BCUT2D eigenvalue weighted by Gasteiger charge is -2.19. The highest BCUT2D eigenvalue weighted by atomic mass is 16.6. The van der Waals surface area contributed by atoms with Gasteiger partial charge >= 0.3 is 6.09 Å². The molecule has 8 nitrogen and oxygen atoms in total. The Balaban J connectivity index is 1.86. The summed E-state index contributed by atoms with van der Waals surface area (Å²) >= 11 is 0. The molecule has 0 aliphatic heterocycles. The van der Waals surface area contributed by atoms with Gasteiger partial charge in [0, 0.05) is 11.3 Å². The third kappa shape index (κ3) is 7.33. The van der Waals surface area contributed by atoms with E-state index in [1.165, 1.54) is 12.1 Å². The van der Waals surface area contributed by atoms with Gasteiger partial charge in [-0.25, -0.2) is 4.79 Å². The van der Waals surface area contributed by atoms with Crippen molar-refractivity contribution in [3.8, 4) is 5.75 Å². The van der Waals surface area contributed by atoms with Crippen LogP contribution in [0.15, 0.2) is 42.5 Å². The molecule has 0 unspecified atom stereocenters. The van der Waals surface area contributed by atoms with Crippen LogP contribution in [0.3, 0.4) is 0 Å². The molecule has 1 atom stereocenters. The Morgan fingerprint density at radius 3 is 2.19 bits per heavy atom. The van der Waals surface area contributed by atoms with E-state index in [0.29, 0.717) is 17.0 Å². The van der Waals surface area contributed by atoms with Gasteiger partial charge in [0.25, 0.3) is 11.8 Å². The van der Waals surface area contributed by atoms with E-state index in [4.69, 9.17) is 9.47 Å². The van der Waals surface area contributed by atoms with Gasteiger partial charge in [0.2, 0.25) is 0 Å². The second kappa shape index (κ2) is 9.97. The summed E-state index contributed by atoms with van der Waals surface area (Å²) in [5.74, 6) is -0.379. The molecule has 2 rings (SSSR count). The van der Waals surface area contributed by atoms with Crippen LogP contribution >= 0.6 is 0 Å². The van der Waals surface area contributed by atoms with Gasteiger partial charge in [-0.05, 0) is 83.0 Å². The number of amides is 3. The molecule has 0 saturated heterocycles. The van der Waals surface area contributed by atoms with Gasteiger partial charge < -0.3 is 9.47 Å². The molecule has 2 aromatic carbocycles. The largest absolute Gasteiger partial charge is 0.481 e. The summed E-state index contributed by atoms with van der Waals surface area (Å²) in [6.07, 6.45) is -1.39. The number of anilines is 1. The molecule has 0 aliphatic carbocycles. The van der Waals surface area contributed by atoms with E-state index in [1.807, 2.05) is 26.0 Å². The molecule has 0 aliphatic rings. The normalized spacial score (nSPS) is 11.8. The van der Waals surface area contributed by atoms with Crippen LogP contribution in [-0.4, -0.2) is 29.6 Å². The predicted octanol–water partition coefficient (Wildman–Crippen LogP) is 3.88. The van der Waals surface area contributed by atoms with Crippen LogP contribution in [0.25, 0.3) is 0 Å². The van der Waals surface area contributed by atoms with Crippen molar-refractivity contribution >= 4 is 23.6 Å². The first-order valence-corrected chi connectivity index (χ1v) is 9.89. The number of hydrazine groups is 1. The van der Waals surface area contributed by atoms with Crippen LogP contribution in [0.4, 0.5) is 10.5 Å². The lowest BCUT2D eigenvalue weighted by molar-refractivity contribution is -0.128. The fourth-order valence-electron chi connectivity index (χ4n) is 2.51. The number of ether oxygens (including phenoxy) is 2. The fourth-order valence-corrected chi connectivity index (χ4v) is 2.51. The molecule has 2 aromatic rings. The van der Waals surface area contributed by atoms with E-state index in [0.717, 1.165) is 11.1 Å². The Labute approximate surface area is 182 Å². The standard InChI is InChI=1S/C23H29N3O5/c1-14-8-7-9-19(15(14)2)30-16(3)20(27)25-26-21(28)17-10-12-18(13-11-17)24-22(29)31-23(4,5)6/h7-13,16H,1-6H3,(H,24,29)(H,25,27)(H,26,28)/t16-/m1/s1. The van der Waals surface area contributed by atoms with Gasteiger partial charge in [0.1, 0.15) is 11.4 Å². The van der Waals surface area contributed by atoms with Crippen molar-refractivity contribution in [3.63, 3.8) is 0 Å². The third-order valence-corrected chi connectivity index (χ3v) is 4.32. The summed E-state index contributed by atoms with van der Waals surface area (Å²) in [5.41, 5.74) is 6.89. The number of rotatable bonds is 5. The van der Waals surface area contributed by atoms with Gasteiger partial charge in [0.05, 0.1) is 0 Å². The summed E-state index contributed by atoms with van der Waals surface area (Å²) in [4.78, 5) is 36.3. The maximum atomic E-state index is 12.3. The highest BCUT2D eigenvalue weighted by Crippen LogP contribution is 2.21. The van der Waals surface area contributed by atoms with E-state index in [2.05, 4.69) is 16.2 Å². The zero-order valence-corrected chi connectivity index (χ0v) is 18.7. The monoisotopic (exact) mass is 427 g/mol. The lowest BCUT2D eigenvalue weighted by Crippen LogP contribution is -2.47. The summed E-state index contributed by atoms with van der Waals surface area (Å²) in [5, 5.41) is 2.58. The van der Waals surface area contributed by atoms with Crippen molar-refractivity contribution in [2.24, 2.45) is 0 Å². The number of carbonyl (C=O) groups excluding carboxylic acids is 3. The van der Waals surface area contributed by atoms with Crippen molar-refractivity contribution in [3.05, 3.63) is 59.2 Å². The summed E-state index contributed by atoms with van der Waals surface area (Å²) in [7, 11) is 0. The zero-order valence-electron chi connectivity index (χ0n) is 18.7. The summed E-state index contributed by atoms with van der Waals surface area (Å²) < 4.78 is 10.9. The minimum absolute atomic E-state index is 0.304. The molecule has 0 radical (unpaired) electrons. The predicted molar refractivity (Wildman–Crippen MR) is 118 cm³/mol. The average Bonchev–Trinajstić information content (AvgIpc) is 2.68. The summed E-state index contributed by atoms with van der Waals surface area (Å²) in [6.45, 7) is 10.8. The molecule has 0 fully saturated rings. The Morgan fingerprint density at radius 2 is 1.58 bits per heavy atom. The minimum atomic E-state index is -0.804. The van der Waals surface area contributed by atoms with E-state index in [1.54, 1.807) is 45.9 Å². The maximum absolute atomic E-state index is 12.3. The van der Waals surface area contributed by atoms with Gasteiger partial charge in [0.15, 0.2) is 6.10 Å². The van der Waals surface area contributed by atoms with Crippen LogP contribution in [0.1, 0.15) is 49.2 Å². The van der Waals surface area contributed by atoms with Crippen LogP contribution in [0.5, 0.6) is 5.75 Å². The quantitative estimate of drug-likeness (QED) is 0.628.